The average molecular weight is 319 g/mol. The summed E-state index contributed by atoms with van der Waals surface area (Å²) in [7, 11) is 0. The smallest absolute Gasteiger partial charge is 0.315 e. The van der Waals surface area contributed by atoms with Gasteiger partial charge in [0.15, 0.2) is 0 Å². The number of thiazole rings is 1. The van der Waals surface area contributed by atoms with E-state index < -0.39 is 0 Å². The van der Waals surface area contributed by atoms with Crippen LogP contribution in [-0.4, -0.2) is 22.2 Å². The zero-order valence-electron chi connectivity index (χ0n) is 12.8. The van der Waals surface area contributed by atoms with Crippen LogP contribution in [0, 0.1) is 6.92 Å². The molecule has 2 rings (SSSR count). The Balaban J connectivity index is 1.68. The van der Waals surface area contributed by atoms with E-state index in [1.165, 1.54) is 0 Å². The molecule has 22 heavy (non-hydrogen) atoms. The lowest BCUT2D eigenvalue weighted by atomic mass is 10.1. The van der Waals surface area contributed by atoms with Crippen LogP contribution < -0.4 is 10.6 Å². The fourth-order valence-corrected chi connectivity index (χ4v) is 2.67. The minimum absolute atomic E-state index is 0.0750. The number of nitrogens with zero attached hydrogens (tertiary/aromatic N) is 1. The zero-order chi connectivity index (χ0) is 15.9. The van der Waals surface area contributed by atoms with Gasteiger partial charge in [-0.2, -0.15) is 0 Å². The highest BCUT2D eigenvalue weighted by Gasteiger charge is 2.08. The summed E-state index contributed by atoms with van der Waals surface area (Å²) in [4.78, 5) is 16.1. The molecule has 1 heterocycles. The molecule has 1 unspecified atom stereocenters. The van der Waals surface area contributed by atoms with Gasteiger partial charge in [-0.3, -0.25) is 0 Å². The second-order valence-electron chi connectivity index (χ2n) is 5.29. The highest BCUT2D eigenvalue weighted by molar-refractivity contribution is 7.09. The number of hydrogen-bond acceptors (Lipinski definition) is 4. The highest BCUT2D eigenvalue weighted by atomic mass is 32.1. The van der Waals surface area contributed by atoms with Crippen molar-refractivity contribution < 1.29 is 9.90 Å². The lowest BCUT2D eigenvalue weighted by Gasteiger charge is -2.14. The summed E-state index contributed by atoms with van der Waals surface area (Å²) < 4.78 is 0. The Labute approximate surface area is 134 Å². The van der Waals surface area contributed by atoms with Gasteiger partial charge in [-0.15, -0.1) is 11.3 Å². The molecule has 1 aromatic carbocycles. The Morgan fingerprint density at radius 3 is 2.73 bits per heavy atom. The number of urea groups is 1. The molecule has 2 aromatic rings. The normalized spacial score (nSPS) is 11.9. The number of carbonyl (C=O) groups excluding carboxylic acids is 1. The molecule has 1 aromatic heterocycles. The van der Waals surface area contributed by atoms with Gasteiger partial charge in [-0.05, 0) is 44.4 Å². The van der Waals surface area contributed by atoms with Crippen molar-refractivity contribution in [2.75, 3.05) is 0 Å². The first-order chi connectivity index (χ1) is 10.5. The Bertz CT molecular complexity index is 610. The SMILES string of the molecule is Cc1nc(CNC(=O)NC(C)CCc2ccc(O)cc2)cs1. The van der Waals surface area contributed by atoms with Gasteiger partial charge in [0, 0.05) is 11.4 Å². The molecule has 118 valence electrons. The molecular formula is C16H21N3O2S. The zero-order valence-corrected chi connectivity index (χ0v) is 13.6. The summed E-state index contributed by atoms with van der Waals surface area (Å²) in [6, 6.07) is 7.04. The van der Waals surface area contributed by atoms with Gasteiger partial charge in [-0.25, -0.2) is 9.78 Å². The number of benzene rings is 1. The fraction of sp³-hybridized carbons (Fsp3) is 0.375. The quantitative estimate of drug-likeness (QED) is 0.766. The van der Waals surface area contributed by atoms with Crippen LogP contribution in [-0.2, 0) is 13.0 Å². The number of nitrogens with one attached hydrogen (secondary N) is 2. The number of aromatic hydroxyl groups is 1. The van der Waals surface area contributed by atoms with Gasteiger partial charge in [0.2, 0.25) is 0 Å². The Morgan fingerprint density at radius 1 is 1.36 bits per heavy atom. The van der Waals surface area contributed by atoms with Gasteiger partial charge >= 0.3 is 6.03 Å². The van der Waals surface area contributed by atoms with Crippen molar-refractivity contribution in [1.82, 2.24) is 15.6 Å². The van der Waals surface area contributed by atoms with E-state index in [0.717, 1.165) is 29.1 Å². The summed E-state index contributed by atoms with van der Waals surface area (Å²) in [5, 5.41) is 17.9. The number of phenols is 1. The number of aromatic nitrogens is 1. The van der Waals surface area contributed by atoms with Crippen molar-refractivity contribution in [2.45, 2.75) is 39.3 Å². The molecule has 0 fully saturated rings. The summed E-state index contributed by atoms with van der Waals surface area (Å²) in [6.07, 6.45) is 1.70. The van der Waals surface area contributed by atoms with Crippen molar-refractivity contribution >= 4 is 17.4 Å². The lowest BCUT2D eigenvalue weighted by Crippen LogP contribution is -2.40. The maximum absolute atomic E-state index is 11.8. The van der Waals surface area contributed by atoms with Crippen LogP contribution in [0.2, 0.25) is 0 Å². The summed E-state index contributed by atoms with van der Waals surface area (Å²) in [5.41, 5.74) is 2.03. The van der Waals surface area contributed by atoms with Gasteiger partial charge in [0.1, 0.15) is 5.75 Å². The van der Waals surface area contributed by atoms with Crippen LogP contribution in [0.3, 0.4) is 0 Å². The number of amides is 2. The second kappa shape index (κ2) is 7.79. The van der Waals surface area contributed by atoms with E-state index in [1.807, 2.05) is 31.4 Å². The van der Waals surface area contributed by atoms with E-state index in [0.29, 0.717) is 6.54 Å². The van der Waals surface area contributed by atoms with Crippen molar-refractivity contribution in [3.63, 3.8) is 0 Å². The molecule has 3 N–H and O–H groups in total. The van der Waals surface area contributed by atoms with Crippen LogP contribution in [0.4, 0.5) is 4.79 Å². The third kappa shape index (κ3) is 5.37. The molecule has 1 atom stereocenters. The molecule has 0 saturated heterocycles. The number of rotatable bonds is 6. The maximum Gasteiger partial charge on any atom is 0.315 e. The van der Waals surface area contributed by atoms with Gasteiger partial charge in [0.25, 0.3) is 0 Å². The van der Waals surface area contributed by atoms with E-state index in [1.54, 1.807) is 23.5 Å². The fourth-order valence-electron chi connectivity index (χ4n) is 2.05. The molecule has 0 aliphatic heterocycles. The Hall–Kier alpha value is -2.08. The molecule has 2 amide bonds. The minimum atomic E-state index is -0.177. The minimum Gasteiger partial charge on any atom is -0.508 e. The van der Waals surface area contributed by atoms with Crippen molar-refractivity contribution in [1.29, 1.82) is 0 Å². The monoisotopic (exact) mass is 319 g/mol. The maximum atomic E-state index is 11.8. The third-order valence-corrected chi connectivity index (χ3v) is 4.10. The van der Waals surface area contributed by atoms with Crippen LogP contribution in [0.25, 0.3) is 0 Å². The summed E-state index contributed by atoms with van der Waals surface area (Å²) in [6.45, 7) is 4.37. The molecule has 0 radical (unpaired) electrons. The molecule has 0 bridgehead atoms. The van der Waals surface area contributed by atoms with E-state index in [2.05, 4.69) is 15.6 Å². The molecule has 5 nitrogen and oxygen atoms in total. The molecule has 0 aliphatic rings. The Kier molecular flexibility index (Phi) is 5.77. The standard InChI is InChI=1S/C16H21N3O2S/c1-11(3-4-13-5-7-15(20)8-6-13)18-16(21)17-9-14-10-22-12(2)19-14/h5-8,10-11,20H,3-4,9H2,1-2H3,(H2,17,18,21). The number of carbonyl (C=O) groups is 1. The van der Waals surface area contributed by atoms with Crippen LogP contribution in [0.5, 0.6) is 5.75 Å². The topological polar surface area (TPSA) is 74.2 Å². The van der Waals surface area contributed by atoms with Crippen LogP contribution >= 0.6 is 11.3 Å². The molecule has 6 heteroatoms. The second-order valence-corrected chi connectivity index (χ2v) is 6.35. The first-order valence-corrected chi connectivity index (χ1v) is 8.14. The van der Waals surface area contributed by atoms with Crippen molar-refractivity contribution in [3.8, 4) is 5.75 Å². The highest BCUT2D eigenvalue weighted by Crippen LogP contribution is 2.12. The number of hydrogen-bond donors (Lipinski definition) is 3. The molecule has 0 saturated carbocycles. The van der Waals surface area contributed by atoms with Gasteiger partial charge < -0.3 is 15.7 Å². The van der Waals surface area contributed by atoms with E-state index in [4.69, 9.17) is 0 Å². The van der Waals surface area contributed by atoms with Crippen molar-refractivity contribution in [2.24, 2.45) is 0 Å². The number of phenolic OH excluding ortho intramolecular Hbond substituents is 1. The lowest BCUT2D eigenvalue weighted by molar-refractivity contribution is 0.236. The largest absolute Gasteiger partial charge is 0.508 e. The summed E-state index contributed by atoms with van der Waals surface area (Å²) >= 11 is 1.58. The first kappa shape index (κ1) is 16.3. The molecular weight excluding hydrogens is 298 g/mol. The van der Waals surface area contributed by atoms with Gasteiger partial charge in [-0.1, -0.05) is 12.1 Å². The van der Waals surface area contributed by atoms with E-state index in [9.17, 15) is 9.90 Å². The van der Waals surface area contributed by atoms with Crippen LogP contribution in [0.1, 0.15) is 29.6 Å². The van der Waals surface area contributed by atoms with Crippen molar-refractivity contribution in [3.05, 3.63) is 45.9 Å². The Morgan fingerprint density at radius 2 is 2.09 bits per heavy atom. The third-order valence-electron chi connectivity index (χ3n) is 3.28. The molecule has 0 aliphatic carbocycles. The van der Waals surface area contributed by atoms with E-state index >= 15 is 0 Å². The first-order valence-electron chi connectivity index (χ1n) is 7.26. The number of aryl methyl sites for hydroxylation is 2. The van der Waals surface area contributed by atoms with E-state index in [-0.39, 0.29) is 17.8 Å². The summed E-state index contributed by atoms with van der Waals surface area (Å²) in [5.74, 6) is 0.270. The molecule has 0 spiro atoms. The van der Waals surface area contributed by atoms with Gasteiger partial charge in [0.05, 0.1) is 17.2 Å². The predicted octanol–water partition coefficient (Wildman–Crippen LogP) is 2.98. The predicted molar refractivity (Wildman–Crippen MR) is 88.1 cm³/mol. The van der Waals surface area contributed by atoms with Crippen LogP contribution in [0.15, 0.2) is 29.6 Å². The average Bonchev–Trinajstić information content (AvgIpc) is 2.90.